The van der Waals surface area contributed by atoms with E-state index in [0.29, 0.717) is 0 Å². The minimum absolute atomic E-state index is 0.146. The molecule has 2 rings (SSSR count). The number of nitrogen functional groups attached to an aromatic ring is 1. The highest BCUT2D eigenvalue weighted by Gasteiger charge is 2.12. The van der Waals surface area contributed by atoms with Crippen LogP contribution in [0.3, 0.4) is 0 Å². The Balaban J connectivity index is 2.53. The number of hydrogen-bond donors (Lipinski definition) is 2. The monoisotopic (exact) mass is 208 g/mol. The zero-order chi connectivity index (χ0) is 10.8. The number of anilines is 1. The topological polar surface area (TPSA) is 76.8 Å². The Morgan fingerprint density at radius 2 is 2.20 bits per heavy atom. The molecule has 0 bridgehead atoms. The van der Waals surface area contributed by atoms with Crippen molar-refractivity contribution in [3.8, 4) is 17.1 Å². The van der Waals surface area contributed by atoms with Crippen molar-refractivity contribution >= 4 is 5.95 Å². The van der Waals surface area contributed by atoms with Crippen molar-refractivity contribution in [1.82, 2.24) is 15.2 Å². The van der Waals surface area contributed by atoms with Crippen LogP contribution in [0.4, 0.5) is 10.3 Å². The van der Waals surface area contributed by atoms with E-state index in [1.54, 1.807) is 12.1 Å². The van der Waals surface area contributed by atoms with Gasteiger partial charge in [-0.3, -0.25) is 0 Å². The Labute approximate surface area is 85.1 Å². The van der Waals surface area contributed by atoms with Gasteiger partial charge in [-0.15, -0.1) is 10.2 Å². The summed E-state index contributed by atoms with van der Waals surface area (Å²) in [5.41, 5.74) is 5.63. The minimum Gasteiger partial charge on any atom is -0.494 e. The van der Waals surface area contributed by atoms with Crippen LogP contribution in [-0.2, 0) is 0 Å². The molecule has 1 aromatic carbocycles. The van der Waals surface area contributed by atoms with E-state index in [4.69, 9.17) is 10.5 Å². The lowest BCUT2D eigenvalue weighted by molar-refractivity contribution is 0.387. The molecule has 5 nitrogen and oxygen atoms in total. The zero-order valence-electron chi connectivity index (χ0n) is 7.99. The smallest absolute Gasteiger partial charge is 0.219 e. The number of rotatable bonds is 2. The number of aromatic amines is 1. The van der Waals surface area contributed by atoms with Gasteiger partial charge in [0.15, 0.2) is 17.4 Å². The van der Waals surface area contributed by atoms with Gasteiger partial charge >= 0.3 is 0 Å². The van der Waals surface area contributed by atoms with Crippen molar-refractivity contribution in [2.24, 2.45) is 0 Å². The van der Waals surface area contributed by atoms with Crippen LogP contribution in [-0.4, -0.2) is 22.3 Å². The highest BCUT2D eigenvalue weighted by molar-refractivity contribution is 5.59. The third kappa shape index (κ3) is 1.61. The standard InChI is InChI=1S/C9H9FN4O/c1-15-6-4-2-3-5(7(6)10)8-12-9(11)14-13-8/h2-4H,1H3,(H3,11,12,13,14). The molecule has 78 valence electrons. The van der Waals surface area contributed by atoms with Gasteiger partial charge in [0.1, 0.15) is 0 Å². The third-order valence-corrected chi connectivity index (χ3v) is 1.94. The van der Waals surface area contributed by atoms with Gasteiger partial charge in [0.25, 0.3) is 0 Å². The molecule has 2 aromatic rings. The summed E-state index contributed by atoms with van der Waals surface area (Å²) < 4.78 is 18.6. The van der Waals surface area contributed by atoms with Crippen LogP contribution in [0.15, 0.2) is 18.2 Å². The van der Waals surface area contributed by atoms with Crippen LogP contribution < -0.4 is 10.5 Å². The molecule has 15 heavy (non-hydrogen) atoms. The van der Waals surface area contributed by atoms with Gasteiger partial charge in [-0.05, 0) is 12.1 Å². The number of nitrogens with one attached hydrogen (secondary N) is 1. The number of halogens is 1. The first kappa shape index (κ1) is 9.45. The molecule has 1 heterocycles. The Morgan fingerprint density at radius 1 is 1.40 bits per heavy atom. The molecule has 0 fully saturated rings. The Bertz CT molecular complexity index is 483. The van der Waals surface area contributed by atoms with Crippen LogP contribution in [0.2, 0.25) is 0 Å². The van der Waals surface area contributed by atoms with Gasteiger partial charge in [-0.2, -0.15) is 0 Å². The molecule has 3 N–H and O–H groups in total. The Hall–Kier alpha value is -2.11. The minimum atomic E-state index is -0.490. The van der Waals surface area contributed by atoms with Gasteiger partial charge < -0.3 is 15.5 Å². The van der Waals surface area contributed by atoms with Gasteiger partial charge in [0.2, 0.25) is 5.95 Å². The maximum absolute atomic E-state index is 13.7. The lowest BCUT2D eigenvalue weighted by Gasteiger charge is -2.04. The molecule has 0 amide bonds. The lowest BCUT2D eigenvalue weighted by atomic mass is 10.2. The van der Waals surface area contributed by atoms with Crippen LogP contribution in [0.25, 0.3) is 11.4 Å². The molecular formula is C9H9FN4O. The van der Waals surface area contributed by atoms with Crippen molar-refractivity contribution in [2.45, 2.75) is 0 Å². The maximum atomic E-state index is 13.7. The second-order valence-corrected chi connectivity index (χ2v) is 2.88. The molecule has 0 radical (unpaired) electrons. The number of aromatic nitrogens is 3. The van der Waals surface area contributed by atoms with Crippen molar-refractivity contribution in [1.29, 1.82) is 0 Å². The van der Waals surface area contributed by atoms with E-state index in [-0.39, 0.29) is 23.1 Å². The summed E-state index contributed by atoms with van der Waals surface area (Å²) in [6, 6.07) is 4.76. The predicted octanol–water partition coefficient (Wildman–Crippen LogP) is 1.20. The van der Waals surface area contributed by atoms with E-state index in [1.807, 2.05) is 0 Å². The van der Waals surface area contributed by atoms with Crippen molar-refractivity contribution in [2.75, 3.05) is 12.8 Å². The summed E-state index contributed by atoms with van der Waals surface area (Å²) in [6.07, 6.45) is 0. The van der Waals surface area contributed by atoms with E-state index in [2.05, 4.69) is 15.2 Å². The molecular weight excluding hydrogens is 199 g/mol. The zero-order valence-corrected chi connectivity index (χ0v) is 7.99. The number of ether oxygens (including phenoxy) is 1. The first-order valence-corrected chi connectivity index (χ1v) is 4.23. The first-order chi connectivity index (χ1) is 7.22. The van der Waals surface area contributed by atoms with E-state index in [9.17, 15) is 4.39 Å². The molecule has 0 aliphatic heterocycles. The molecule has 0 spiro atoms. The van der Waals surface area contributed by atoms with Crippen molar-refractivity contribution < 1.29 is 9.13 Å². The van der Waals surface area contributed by atoms with Gasteiger partial charge in [-0.1, -0.05) is 6.07 Å². The molecule has 0 aliphatic carbocycles. The number of nitrogens with two attached hydrogens (primary N) is 1. The van der Waals surface area contributed by atoms with Crippen molar-refractivity contribution in [3.63, 3.8) is 0 Å². The van der Waals surface area contributed by atoms with Crippen LogP contribution in [0.5, 0.6) is 5.75 Å². The molecule has 6 heteroatoms. The fourth-order valence-electron chi connectivity index (χ4n) is 1.25. The van der Waals surface area contributed by atoms with Crippen LogP contribution >= 0.6 is 0 Å². The summed E-state index contributed by atoms with van der Waals surface area (Å²) in [7, 11) is 1.40. The third-order valence-electron chi connectivity index (χ3n) is 1.94. The maximum Gasteiger partial charge on any atom is 0.219 e. The lowest BCUT2D eigenvalue weighted by Crippen LogP contribution is -1.92. The predicted molar refractivity (Wildman–Crippen MR) is 52.7 cm³/mol. The number of H-pyrrole nitrogens is 1. The Morgan fingerprint density at radius 3 is 2.80 bits per heavy atom. The van der Waals surface area contributed by atoms with E-state index in [0.717, 1.165) is 0 Å². The normalized spacial score (nSPS) is 10.3. The second-order valence-electron chi connectivity index (χ2n) is 2.88. The molecule has 0 unspecified atom stereocenters. The van der Waals surface area contributed by atoms with Crippen molar-refractivity contribution in [3.05, 3.63) is 24.0 Å². The van der Waals surface area contributed by atoms with E-state index < -0.39 is 5.82 Å². The van der Waals surface area contributed by atoms with E-state index >= 15 is 0 Å². The van der Waals surface area contributed by atoms with Gasteiger partial charge in [-0.25, -0.2) is 4.39 Å². The molecule has 0 saturated heterocycles. The summed E-state index contributed by atoms with van der Waals surface area (Å²) in [5.74, 6) is 0.0924. The van der Waals surface area contributed by atoms with Crippen LogP contribution in [0, 0.1) is 5.82 Å². The number of benzene rings is 1. The van der Waals surface area contributed by atoms with Gasteiger partial charge in [0, 0.05) is 0 Å². The highest BCUT2D eigenvalue weighted by Crippen LogP contribution is 2.26. The SMILES string of the molecule is COc1cccc(-c2nnc(N)[nH]2)c1F. The van der Waals surface area contributed by atoms with E-state index in [1.165, 1.54) is 13.2 Å². The quantitative estimate of drug-likeness (QED) is 0.777. The summed E-state index contributed by atoms with van der Waals surface area (Å²) >= 11 is 0. The average molecular weight is 208 g/mol. The molecule has 0 aliphatic rings. The Kier molecular flexibility index (Phi) is 2.24. The number of hydrogen-bond acceptors (Lipinski definition) is 4. The fourth-order valence-corrected chi connectivity index (χ4v) is 1.25. The summed E-state index contributed by atoms with van der Waals surface area (Å²) in [4.78, 5) is 2.64. The second kappa shape index (κ2) is 3.56. The largest absolute Gasteiger partial charge is 0.494 e. The summed E-state index contributed by atoms with van der Waals surface area (Å²) in [6.45, 7) is 0. The first-order valence-electron chi connectivity index (χ1n) is 4.23. The van der Waals surface area contributed by atoms with Gasteiger partial charge in [0.05, 0.1) is 12.7 Å². The summed E-state index contributed by atoms with van der Waals surface area (Å²) in [5, 5.41) is 7.25. The molecule has 1 aromatic heterocycles. The molecule has 0 atom stereocenters. The highest BCUT2D eigenvalue weighted by atomic mass is 19.1. The van der Waals surface area contributed by atoms with Crippen LogP contribution in [0.1, 0.15) is 0 Å². The number of methoxy groups -OCH3 is 1. The fraction of sp³-hybridized carbons (Fsp3) is 0.111. The number of nitrogens with zero attached hydrogens (tertiary/aromatic N) is 2. The average Bonchev–Trinajstić information content (AvgIpc) is 2.65. The molecule has 0 saturated carbocycles.